The van der Waals surface area contributed by atoms with Crippen molar-refractivity contribution in [3.63, 3.8) is 0 Å². The van der Waals surface area contributed by atoms with E-state index in [0.717, 1.165) is 15.4 Å². The maximum atomic E-state index is 13.9. The van der Waals surface area contributed by atoms with Crippen LogP contribution in [0.2, 0.25) is 0 Å². The molecule has 6 atom stereocenters. The van der Waals surface area contributed by atoms with Crippen LogP contribution in [-0.2, 0) is 28.8 Å². The molecule has 0 aromatic heterocycles. The van der Waals surface area contributed by atoms with Crippen molar-refractivity contribution >= 4 is 35.6 Å². The largest absolute Gasteiger partial charge is 0.491 e. The molecule has 1 aromatic rings. The molecule has 2 aliphatic heterocycles. The van der Waals surface area contributed by atoms with Crippen LogP contribution >= 0.6 is 0 Å². The number of aliphatic carboxylic acids is 2. The Hall–Kier alpha value is -4.06. The summed E-state index contributed by atoms with van der Waals surface area (Å²) in [6.45, 7) is -0.251. The number of para-hydroxylation sites is 1. The third-order valence-corrected chi connectivity index (χ3v) is 8.98. The number of nitrogens with zero attached hydrogens (tertiary/aromatic N) is 2. The average Bonchev–Trinajstić information content (AvgIpc) is 3.35. The monoisotopic (exact) mass is 582 g/mol. The first kappa shape index (κ1) is 29.4. The van der Waals surface area contributed by atoms with E-state index in [1.807, 2.05) is 6.08 Å². The second-order valence-electron chi connectivity index (χ2n) is 11.3. The molecule has 0 spiro atoms. The fourth-order valence-corrected chi connectivity index (χ4v) is 7.31. The SMILES string of the molecule is O=C(O)CCCN1C(=O)C2CC=C3C(CC4C(=O)N(CCCC(=O)O)C(=O)C4C3c3ccccc3OCCO)C2C1=O. The van der Waals surface area contributed by atoms with Crippen LogP contribution in [0.1, 0.15) is 50.0 Å². The Balaban J connectivity index is 1.53. The molecule has 1 aromatic carbocycles. The van der Waals surface area contributed by atoms with Crippen molar-refractivity contribution in [1.29, 1.82) is 0 Å². The van der Waals surface area contributed by atoms with Gasteiger partial charge in [-0.2, -0.15) is 0 Å². The van der Waals surface area contributed by atoms with E-state index in [2.05, 4.69) is 0 Å². The lowest BCUT2D eigenvalue weighted by Crippen LogP contribution is -2.43. The molecule has 3 fully saturated rings. The highest BCUT2D eigenvalue weighted by Crippen LogP contribution is 2.58. The van der Waals surface area contributed by atoms with Gasteiger partial charge in [0.1, 0.15) is 12.4 Å². The first-order chi connectivity index (χ1) is 20.1. The number of fused-ring (bicyclic) bond motifs is 4. The lowest BCUT2D eigenvalue weighted by atomic mass is 9.57. The van der Waals surface area contributed by atoms with E-state index in [1.54, 1.807) is 24.3 Å². The summed E-state index contributed by atoms with van der Waals surface area (Å²) >= 11 is 0. The summed E-state index contributed by atoms with van der Waals surface area (Å²) in [5.74, 6) is -7.22. The molecule has 224 valence electrons. The van der Waals surface area contributed by atoms with Gasteiger partial charge in [0.15, 0.2) is 0 Å². The van der Waals surface area contributed by atoms with Crippen LogP contribution in [0.25, 0.3) is 0 Å². The van der Waals surface area contributed by atoms with Gasteiger partial charge in [0.2, 0.25) is 23.6 Å². The zero-order chi connectivity index (χ0) is 30.1. The normalized spacial score (nSPS) is 28.4. The maximum Gasteiger partial charge on any atom is 0.303 e. The number of allylic oxidation sites excluding steroid dienone is 2. The molecular formula is C30H34N2O10. The van der Waals surface area contributed by atoms with Crippen molar-refractivity contribution in [2.24, 2.45) is 29.6 Å². The number of rotatable bonds is 12. The van der Waals surface area contributed by atoms with Gasteiger partial charge in [0, 0.05) is 37.4 Å². The van der Waals surface area contributed by atoms with E-state index in [4.69, 9.17) is 14.9 Å². The van der Waals surface area contributed by atoms with Gasteiger partial charge in [0.25, 0.3) is 0 Å². The van der Waals surface area contributed by atoms with Gasteiger partial charge in [-0.05, 0) is 37.7 Å². The number of amides is 4. The van der Waals surface area contributed by atoms with Crippen LogP contribution in [0.15, 0.2) is 35.9 Å². The van der Waals surface area contributed by atoms with Crippen molar-refractivity contribution in [2.45, 2.75) is 44.4 Å². The predicted molar refractivity (Wildman–Crippen MR) is 144 cm³/mol. The number of imide groups is 2. The summed E-state index contributed by atoms with van der Waals surface area (Å²) in [7, 11) is 0. The maximum absolute atomic E-state index is 13.9. The molecule has 12 nitrogen and oxygen atoms in total. The number of hydrogen-bond acceptors (Lipinski definition) is 8. The number of carbonyl (C=O) groups is 6. The number of aliphatic hydroxyl groups is 1. The van der Waals surface area contributed by atoms with Crippen molar-refractivity contribution in [3.8, 4) is 5.75 Å². The summed E-state index contributed by atoms with van der Waals surface area (Å²) in [6, 6.07) is 7.06. The number of carboxylic acids is 2. The highest BCUT2D eigenvalue weighted by molar-refractivity contribution is 6.08. The Labute approximate surface area is 241 Å². The lowest BCUT2D eigenvalue weighted by molar-refractivity contribution is -0.143. The highest BCUT2D eigenvalue weighted by atomic mass is 16.5. The first-order valence-corrected chi connectivity index (χ1v) is 14.3. The number of likely N-dealkylation sites (tertiary alicyclic amines) is 2. The molecule has 3 N–H and O–H groups in total. The fourth-order valence-electron chi connectivity index (χ4n) is 7.31. The summed E-state index contributed by atoms with van der Waals surface area (Å²) in [5.41, 5.74) is 1.43. The molecule has 2 aliphatic carbocycles. The van der Waals surface area contributed by atoms with Crippen LogP contribution < -0.4 is 4.74 Å². The molecule has 1 saturated carbocycles. The van der Waals surface area contributed by atoms with E-state index < -0.39 is 59.3 Å². The highest BCUT2D eigenvalue weighted by Gasteiger charge is 2.62. The number of benzene rings is 1. The zero-order valence-corrected chi connectivity index (χ0v) is 23.0. The Morgan fingerprint density at radius 1 is 0.810 bits per heavy atom. The van der Waals surface area contributed by atoms with Crippen molar-refractivity contribution in [2.75, 3.05) is 26.3 Å². The standard InChI is InChI=1S/C30H34N2O10/c33-13-14-42-21-6-2-1-5-17(21)24-16-9-10-18-25(29(40)31(27(18)38)11-3-7-22(34)35)19(16)15-20-26(24)30(41)32(28(20)39)12-4-8-23(36)37/h1-2,5-6,9,18-20,24-26,33H,3-4,7-8,10-15H2,(H,34,35)(H,36,37). The number of aliphatic hydroxyl groups excluding tert-OH is 1. The van der Waals surface area contributed by atoms with E-state index >= 15 is 0 Å². The van der Waals surface area contributed by atoms with Crippen LogP contribution in [0.3, 0.4) is 0 Å². The van der Waals surface area contributed by atoms with E-state index in [-0.39, 0.29) is 76.6 Å². The topological polar surface area (TPSA) is 179 Å². The summed E-state index contributed by atoms with van der Waals surface area (Å²) in [6.07, 6.45) is 2.25. The van der Waals surface area contributed by atoms with Gasteiger partial charge < -0.3 is 20.1 Å². The minimum atomic E-state index is -1.03. The second-order valence-corrected chi connectivity index (χ2v) is 11.3. The molecule has 5 rings (SSSR count). The molecule has 2 saturated heterocycles. The predicted octanol–water partition coefficient (Wildman–Crippen LogP) is 1.42. The summed E-state index contributed by atoms with van der Waals surface area (Å²) in [5, 5.41) is 27.5. The molecule has 4 aliphatic rings. The Morgan fingerprint density at radius 3 is 2.02 bits per heavy atom. The molecular weight excluding hydrogens is 548 g/mol. The fraction of sp³-hybridized carbons (Fsp3) is 0.533. The number of carbonyl (C=O) groups excluding carboxylic acids is 4. The van der Waals surface area contributed by atoms with Crippen LogP contribution in [0, 0.1) is 29.6 Å². The van der Waals surface area contributed by atoms with Crippen LogP contribution in [0.4, 0.5) is 0 Å². The number of carboxylic acid groups (broad SMARTS) is 2. The summed E-state index contributed by atoms with van der Waals surface area (Å²) < 4.78 is 5.82. The molecule has 2 heterocycles. The quantitative estimate of drug-likeness (QED) is 0.241. The minimum Gasteiger partial charge on any atom is -0.491 e. The first-order valence-electron chi connectivity index (χ1n) is 14.3. The molecule has 42 heavy (non-hydrogen) atoms. The number of ether oxygens (including phenoxy) is 1. The third kappa shape index (κ3) is 5.19. The van der Waals surface area contributed by atoms with Crippen LogP contribution in [0.5, 0.6) is 5.75 Å². The average molecular weight is 583 g/mol. The van der Waals surface area contributed by atoms with Gasteiger partial charge in [-0.1, -0.05) is 29.8 Å². The minimum absolute atomic E-state index is 0.00110. The zero-order valence-electron chi connectivity index (χ0n) is 23.0. The van der Waals surface area contributed by atoms with Crippen molar-refractivity contribution in [1.82, 2.24) is 9.80 Å². The molecule has 6 unspecified atom stereocenters. The molecule has 0 bridgehead atoms. The lowest BCUT2D eigenvalue weighted by Gasteiger charge is -2.44. The molecule has 0 radical (unpaired) electrons. The smallest absolute Gasteiger partial charge is 0.303 e. The van der Waals surface area contributed by atoms with Crippen molar-refractivity contribution < 1.29 is 48.8 Å². The number of hydrogen-bond donors (Lipinski definition) is 3. The van der Waals surface area contributed by atoms with Crippen LogP contribution in [-0.4, -0.2) is 87.0 Å². The Kier molecular flexibility index (Phi) is 8.44. The summed E-state index contributed by atoms with van der Waals surface area (Å²) in [4.78, 5) is 78.9. The van der Waals surface area contributed by atoms with Gasteiger partial charge in [-0.3, -0.25) is 38.6 Å². The van der Waals surface area contributed by atoms with E-state index in [0.29, 0.717) is 11.3 Å². The second kappa shape index (κ2) is 12.0. The van der Waals surface area contributed by atoms with E-state index in [1.165, 1.54) is 0 Å². The third-order valence-electron chi connectivity index (χ3n) is 8.98. The van der Waals surface area contributed by atoms with Gasteiger partial charge in [-0.25, -0.2) is 0 Å². The molecule has 4 amide bonds. The van der Waals surface area contributed by atoms with Gasteiger partial charge >= 0.3 is 11.9 Å². The van der Waals surface area contributed by atoms with E-state index in [9.17, 15) is 33.9 Å². The van der Waals surface area contributed by atoms with Crippen molar-refractivity contribution in [3.05, 3.63) is 41.5 Å². The Morgan fingerprint density at radius 2 is 1.40 bits per heavy atom. The van der Waals surface area contributed by atoms with Gasteiger partial charge in [0.05, 0.1) is 30.3 Å². The molecule has 12 heteroatoms. The van der Waals surface area contributed by atoms with Gasteiger partial charge in [-0.15, -0.1) is 0 Å². The Bertz CT molecular complexity index is 1340.